The minimum Gasteiger partial charge on any atom is -0.294 e. The van der Waals surface area contributed by atoms with Gasteiger partial charge in [-0.1, -0.05) is 41.9 Å². The highest BCUT2D eigenvalue weighted by atomic mass is 35.5. The summed E-state index contributed by atoms with van der Waals surface area (Å²) < 4.78 is 13.9. The molecule has 0 bridgehead atoms. The van der Waals surface area contributed by atoms with E-state index >= 15 is 0 Å². The first-order valence-electron chi connectivity index (χ1n) is 5.64. The van der Waals surface area contributed by atoms with Crippen molar-refractivity contribution in [3.8, 4) is 0 Å². The maximum absolute atomic E-state index is 13.9. The van der Waals surface area contributed by atoms with Gasteiger partial charge in [0.2, 0.25) is 0 Å². The number of alkyl halides is 1. The third kappa shape index (κ3) is 3.17. The van der Waals surface area contributed by atoms with Crippen molar-refractivity contribution >= 4 is 17.4 Å². The fourth-order valence-electron chi connectivity index (χ4n) is 1.70. The Morgan fingerprint density at radius 1 is 1.06 bits per heavy atom. The summed E-state index contributed by atoms with van der Waals surface area (Å²) in [5.74, 6) is -0.219. The zero-order valence-corrected chi connectivity index (χ0v) is 10.4. The third-order valence-electron chi connectivity index (χ3n) is 2.69. The number of carbonyl (C=O) groups excluding carboxylic acids is 1. The maximum Gasteiger partial charge on any atom is 0.166 e. The van der Waals surface area contributed by atoms with Gasteiger partial charge >= 0.3 is 0 Å². The average Bonchev–Trinajstić information content (AvgIpc) is 2.40. The highest BCUT2D eigenvalue weighted by molar-refractivity contribution is 6.30. The van der Waals surface area contributed by atoms with Crippen molar-refractivity contribution in [1.29, 1.82) is 0 Å². The number of benzene rings is 2. The molecule has 2 aromatic rings. The molecule has 0 radical (unpaired) electrons. The van der Waals surface area contributed by atoms with Crippen molar-refractivity contribution in [2.75, 3.05) is 0 Å². The normalized spacial score (nSPS) is 12.1. The van der Waals surface area contributed by atoms with Crippen molar-refractivity contribution < 1.29 is 9.18 Å². The van der Waals surface area contributed by atoms with Gasteiger partial charge in [0.05, 0.1) is 0 Å². The summed E-state index contributed by atoms with van der Waals surface area (Å²) in [6.45, 7) is 0. The van der Waals surface area contributed by atoms with Gasteiger partial charge in [0.1, 0.15) is 6.17 Å². The fourth-order valence-corrected chi connectivity index (χ4v) is 1.82. The highest BCUT2D eigenvalue weighted by Gasteiger charge is 2.15. The van der Waals surface area contributed by atoms with Crippen LogP contribution in [-0.4, -0.2) is 5.78 Å². The van der Waals surface area contributed by atoms with Gasteiger partial charge in [0.15, 0.2) is 5.78 Å². The van der Waals surface area contributed by atoms with Crippen molar-refractivity contribution in [1.82, 2.24) is 0 Å². The molecule has 1 atom stereocenters. The molecule has 0 heterocycles. The summed E-state index contributed by atoms with van der Waals surface area (Å²) in [4.78, 5) is 11.9. The quantitative estimate of drug-likeness (QED) is 0.735. The van der Waals surface area contributed by atoms with Crippen LogP contribution in [0.2, 0.25) is 5.02 Å². The maximum atomic E-state index is 13.9. The van der Waals surface area contributed by atoms with Crippen LogP contribution in [0, 0.1) is 0 Å². The molecule has 2 rings (SSSR count). The van der Waals surface area contributed by atoms with Crippen LogP contribution < -0.4 is 0 Å². The van der Waals surface area contributed by atoms with Gasteiger partial charge in [0.25, 0.3) is 0 Å². The zero-order chi connectivity index (χ0) is 13.0. The largest absolute Gasteiger partial charge is 0.294 e. The smallest absolute Gasteiger partial charge is 0.166 e. The lowest BCUT2D eigenvalue weighted by atomic mass is 10.0. The van der Waals surface area contributed by atoms with Gasteiger partial charge < -0.3 is 0 Å². The summed E-state index contributed by atoms with van der Waals surface area (Å²) in [7, 11) is 0. The van der Waals surface area contributed by atoms with Crippen molar-refractivity contribution in [3.63, 3.8) is 0 Å². The number of carbonyl (C=O) groups is 1. The van der Waals surface area contributed by atoms with E-state index in [0.29, 0.717) is 16.1 Å². The Hall–Kier alpha value is -1.67. The minimum atomic E-state index is -1.27. The minimum absolute atomic E-state index is 0.147. The molecule has 2 aromatic carbocycles. The molecule has 1 unspecified atom stereocenters. The van der Waals surface area contributed by atoms with Crippen LogP contribution in [0.5, 0.6) is 0 Å². The highest BCUT2D eigenvalue weighted by Crippen LogP contribution is 2.23. The van der Waals surface area contributed by atoms with Gasteiger partial charge in [-0.25, -0.2) is 4.39 Å². The predicted octanol–water partition coefficient (Wildman–Crippen LogP) is 4.62. The van der Waals surface area contributed by atoms with Gasteiger partial charge in [-0.05, 0) is 29.8 Å². The molecule has 92 valence electrons. The topological polar surface area (TPSA) is 17.1 Å². The van der Waals surface area contributed by atoms with E-state index in [9.17, 15) is 9.18 Å². The molecule has 0 aliphatic heterocycles. The predicted molar refractivity (Wildman–Crippen MR) is 70.7 cm³/mol. The third-order valence-corrected chi connectivity index (χ3v) is 2.94. The van der Waals surface area contributed by atoms with Crippen molar-refractivity contribution in [2.24, 2.45) is 0 Å². The van der Waals surface area contributed by atoms with Crippen molar-refractivity contribution in [2.45, 2.75) is 12.6 Å². The lowest BCUT2D eigenvalue weighted by molar-refractivity contribution is 0.0947. The molecular weight excluding hydrogens is 251 g/mol. The lowest BCUT2D eigenvalue weighted by Crippen LogP contribution is -2.04. The molecule has 0 N–H and O–H groups in total. The first-order chi connectivity index (χ1) is 8.66. The standard InChI is InChI=1S/C15H12ClFO/c16-13-8-6-12(7-9-13)15(18)10-14(17)11-4-2-1-3-5-11/h1-9,14H,10H2. The number of hydrogen-bond acceptors (Lipinski definition) is 1. The lowest BCUT2D eigenvalue weighted by Gasteiger charge is -2.07. The van der Waals surface area contributed by atoms with Crippen LogP contribution in [0.1, 0.15) is 28.5 Å². The first-order valence-corrected chi connectivity index (χ1v) is 6.02. The van der Waals surface area contributed by atoms with Crippen LogP contribution in [0.3, 0.4) is 0 Å². The summed E-state index contributed by atoms with van der Waals surface area (Å²) in [6, 6.07) is 15.2. The van der Waals surface area contributed by atoms with Crippen LogP contribution >= 0.6 is 11.6 Å². The molecule has 0 aromatic heterocycles. The Balaban J connectivity index is 2.06. The Kier molecular flexibility index (Phi) is 4.11. The molecule has 0 amide bonds. The summed E-state index contributed by atoms with van der Waals surface area (Å²) in [6.07, 6.45) is -1.42. The van der Waals surface area contributed by atoms with Gasteiger partial charge in [-0.3, -0.25) is 4.79 Å². The van der Waals surface area contributed by atoms with Gasteiger partial charge in [0, 0.05) is 17.0 Å². The van der Waals surface area contributed by atoms with E-state index in [2.05, 4.69) is 0 Å². The molecule has 0 aliphatic rings. The second-order valence-electron chi connectivity index (χ2n) is 4.01. The van der Waals surface area contributed by atoms with Gasteiger partial charge in [-0.15, -0.1) is 0 Å². The van der Waals surface area contributed by atoms with Crippen LogP contribution in [0.4, 0.5) is 4.39 Å². The van der Waals surface area contributed by atoms with Crippen molar-refractivity contribution in [3.05, 3.63) is 70.7 Å². The molecule has 3 heteroatoms. The fraction of sp³-hybridized carbons (Fsp3) is 0.133. The monoisotopic (exact) mass is 262 g/mol. The number of rotatable bonds is 4. The summed E-state index contributed by atoms with van der Waals surface area (Å²) >= 11 is 5.73. The molecule has 1 nitrogen and oxygen atoms in total. The van der Waals surface area contributed by atoms with E-state index < -0.39 is 6.17 Å². The van der Waals surface area contributed by atoms with E-state index in [-0.39, 0.29) is 12.2 Å². The Morgan fingerprint density at radius 2 is 1.67 bits per heavy atom. The Bertz CT molecular complexity index is 522. The van der Waals surface area contributed by atoms with E-state index in [0.717, 1.165) is 0 Å². The van der Waals surface area contributed by atoms with E-state index in [1.807, 2.05) is 6.07 Å². The number of Topliss-reactive ketones (excluding diaryl/α,β-unsaturated/α-hetero) is 1. The van der Waals surface area contributed by atoms with Gasteiger partial charge in [-0.2, -0.15) is 0 Å². The number of halogens is 2. The molecule has 0 aliphatic carbocycles. The summed E-state index contributed by atoms with van der Waals surface area (Å²) in [5, 5.41) is 0.561. The SMILES string of the molecule is O=C(CC(F)c1ccccc1)c1ccc(Cl)cc1. The molecule has 0 fully saturated rings. The Labute approximate surface area is 110 Å². The molecular formula is C15H12ClFO. The van der Waals surface area contributed by atoms with Crippen LogP contribution in [0.15, 0.2) is 54.6 Å². The molecule has 18 heavy (non-hydrogen) atoms. The van der Waals surface area contributed by atoms with E-state index in [1.165, 1.54) is 0 Å². The average molecular weight is 263 g/mol. The molecule has 0 saturated carbocycles. The first kappa shape index (κ1) is 12.8. The second kappa shape index (κ2) is 5.78. The molecule has 0 saturated heterocycles. The number of hydrogen-bond donors (Lipinski definition) is 0. The van der Waals surface area contributed by atoms with Crippen LogP contribution in [-0.2, 0) is 0 Å². The second-order valence-corrected chi connectivity index (χ2v) is 4.45. The zero-order valence-electron chi connectivity index (χ0n) is 9.64. The Morgan fingerprint density at radius 3 is 2.28 bits per heavy atom. The molecule has 0 spiro atoms. The summed E-state index contributed by atoms with van der Waals surface area (Å²) in [5.41, 5.74) is 1.01. The van der Waals surface area contributed by atoms with E-state index in [4.69, 9.17) is 11.6 Å². The number of ketones is 1. The van der Waals surface area contributed by atoms with Crippen LogP contribution in [0.25, 0.3) is 0 Å². The van der Waals surface area contributed by atoms with E-state index in [1.54, 1.807) is 48.5 Å².